The first kappa shape index (κ1) is 16.5. The third-order valence-electron chi connectivity index (χ3n) is 4.46. The molecule has 6 nitrogen and oxygen atoms in total. The van der Waals surface area contributed by atoms with Crippen molar-refractivity contribution < 1.29 is 9.90 Å². The van der Waals surface area contributed by atoms with Crippen LogP contribution >= 0.6 is 0 Å². The molecule has 1 aliphatic rings. The Labute approximate surface area is 142 Å². The summed E-state index contributed by atoms with van der Waals surface area (Å²) in [5.74, 6) is 1.03. The summed E-state index contributed by atoms with van der Waals surface area (Å²) >= 11 is 0. The highest BCUT2D eigenvalue weighted by molar-refractivity contribution is 5.74. The Morgan fingerprint density at radius 3 is 2.96 bits per heavy atom. The van der Waals surface area contributed by atoms with Gasteiger partial charge in [0, 0.05) is 38.6 Å². The largest absolute Gasteiger partial charge is 0.396 e. The fourth-order valence-electron chi connectivity index (χ4n) is 3.10. The summed E-state index contributed by atoms with van der Waals surface area (Å²) in [4.78, 5) is 18.5. The quantitative estimate of drug-likeness (QED) is 0.880. The minimum atomic E-state index is -0.0811. The van der Waals surface area contributed by atoms with Crippen molar-refractivity contribution in [2.45, 2.75) is 25.9 Å². The first-order chi connectivity index (χ1) is 11.8. The lowest BCUT2D eigenvalue weighted by Crippen LogP contribution is -2.46. The predicted octanol–water partition coefficient (Wildman–Crippen LogP) is 1.85. The van der Waals surface area contributed by atoms with Gasteiger partial charge in [0.1, 0.15) is 5.82 Å². The van der Waals surface area contributed by atoms with Crippen molar-refractivity contribution in [3.8, 4) is 0 Å². The number of aliphatic hydroxyl groups is 1. The van der Waals surface area contributed by atoms with E-state index in [2.05, 4.69) is 22.4 Å². The van der Waals surface area contributed by atoms with Gasteiger partial charge in [-0.25, -0.2) is 9.78 Å². The minimum Gasteiger partial charge on any atom is -0.396 e. The number of benzene rings is 1. The van der Waals surface area contributed by atoms with Crippen molar-refractivity contribution in [3.05, 3.63) is 54.1 Å². The van der Waals surface area contributed by atoms with E-state index >= 15 is 0 Å². The first-order valence-corrected chi connectivity index (χ1v) is 8.44. The monoisotopic (exact) mass is 328 g/mol. The second-order valence-electron chi connectivity index (χ2n) is 6.25. The van der Waals surface area contributed by atoms with Gasteiger partial charge >= 0.3 is 6.03 Å². The van der Waals surface area contributed by atoms with E-state index in [1.807, 2.05) is 29.0 Å². The van der Waals surface area contributed by atoms with Crippen molar-refractivity contribution in [2.24, 2.45) is 5.92 Å². The van der Waals surface area contributed by atoms with Crippen LogP contribution in [0.25, 0.3) is 0 Å². The maximum atomic E-state index is 12.3. The zero-order valence-corrected chi connectivity index (χ0v) is 13.8. The van der Waals surface area contributed by atoms with E-state index in [9.17, 15) is 9.90 Å². The van der Waals surface area contributed by atoms with Crippen molar-refractivity contribution in [1.82, 2.24) is 19.8 Å². The van der Waals surface area contributed by atoms with Gasteiger partial charge in [-0.15, -0.1) is 0 Å². The lowest BCUT2D eigenvalue weighted by Gasteiger charge is -2.31. The second-order valence-corrected chi connectivity index (χ2v) is 6.25. The van der Waals surface area contributed by atoms with E-state index < -0.39 is 0 Å². The van der Waals surface area contributed by atoms with Crippen molar-refractivity contribution in [3.63, 3.8) is 0 Å². The molecular weight excluding hydrogens is 304 g/mol. The van der Waals surface area contributed by atoms with Crippen LogP contribution in [0.4, 0.5) is 4.79 Å². The molecular formula is C18H24N4O2. The predicted molar refractivity (Wildman–Crippen MR) is 91.4 cm³/mol. The van der Waals surface area contributed by atoms with Crippen LogP contribution in [0.15, 0.2) is 42.7 Å². The van der Waals surface area contributed by atoms with Crippen LogP contribution in [0, 0.1) is 5.92 Å². The number of amides is 2. The van der Waals surface area contributed by atoms with Crippen molar-refractivity contribution in [1.29, 1.82) is 0 Å². The smallest absolute Gasteiger partial charge is 0.317 e. The Morgan fingerprint density at radius 2 is 2.17 bits per heavy atom. The maximum Gasteiger partial charge on any atom is 0.317 e. The van der Waals surface area contributed by atoms with E-state index in [-0.39, 0.29) is 18.6 Å². The number of hydrogen-bond acceptors (Lipinski definition) is 3. The van der Waals surface area contributed by atoms with Gasteiger partial charge in [-0.3, -0.25) is 0 Å². The molecule has 1 aromatic carbocycles. The molecule has 0 aliphatic carbocycles. The number of carbonyl (C=O) groups is 1. The van der Waals surface area contributed by atoms with Crippen molar-refractivity contribution >= 4 is 6.03 Å². The number of carbonyl (C=O) groups excluding carboxylic acids is 1. The molecule has 0 spiro atoms. The number of likely N-dealkylation sites (tertiary alicyclic amines) is 1. The third-order valence-corrected chi connectivity index (χ3v) is 4.46. The van der Waals surface area contributed by atoms with Crippen LogP contribution in [-0.4, -0.2) is 45.3 Å². The molecule has 6 heteroatoms. The van der Waals surface area contributed by atoms with E-state index in [1.54, 1.807) is 11.1 Å². The molecule has 0 radical (unpaired) electrons. The molecule has 1 fully saturated rings. The molecule has 1 aromatic heterocycles. The standard InChI is InChI=1S/C18H24N4O2/c23-14-16-7-4-9-22(13-16)18(24)20-11-17-19-8-10-21(17)12-15-5-2-1-3-6-15/h1-3,5-6,8,10,16,23H,4,7,9,11-14H2,(H,20,24)/t16-/m0/s1. The van der Waals surface area contributed by atoms with Crippen LogP contribution in [0.3, 0.4) is 0 Å². The van der Waals surface area contributed by atoms with Gasteiger partial charge in [0.05, 0.1) is 6.54 Å². The number of imidazole rings is 1. The highest BCUT2D eigenvalue weighted by atomic mass is 16.3. The lowest BCUT2D eigenvalue weighted by molar-refractivity contribution is 0.129. The molecule has 2 N–H and O–H groups in total. The molecule has 2 aromatic rings. The van der Waals surface area contributed by atoms with Crippen molar-refractivity contribution in [2.75, 3.05) is 19.7 Å². The fraction of sp³-hybridized carbons (Fsp3) is 0.444. The molecule has 1 saturated heterocycles. The Hall–Kier alpha value is -2.34. The number of nitrogens with zero attached hydrogens (tertiary/aromatic N) is 3. The molecule has 24 heavy (non-hydrogen) atoms. The average molecular weight is 328 g/mol. The SMILES string of the molecule is O=C(NCc1nccn1Cc1ccccc1)N1CCC[C@H](CO)C1. The fourth-order valence-corrected chi connectivity index (χ4v) is 3.10. The summed E-state index contributed by atoms with van der Waals surface area (Å²) in [7, 11) is 0. The van der Waals surface area contributed by atoms with E-state index in [0.29, 0.717) is 13.1 Å². The van der Waals surface area contributed by atoms with Gasteiger partial charge in [-0.05, 0) is 24.3 Å². The Morgan fingerprint density at radius 1 is 1.33 bits per heavy atom. The molecule has 2 amide bonds. The first-order valence-electron chi connectivity index (χ1n) is 8.44. The van der Waals surface area contributed by atoms with Gasteiger partial charge in [-0.2, -0.15) is 0 Å². The summed E-state index contributed by atoms with van der Waals surface area (Å²) in [6.07, 6.45) is 5.62. The number of piperidine rings is 1. The molecule has 0 unspecified atom stereocenters. The van der Waals surface area contributed by atoms with Gasteiger partial charge in [-0.1, -0.05) is 30.3 Å². The van der Waals surface area contributed by atoms with Gasteiger partial charge in [0.25, 0.3) is 0 Å². The van der Waals surface area contributed by atoms with Crippen LogP contribution in [0.5, 0.6) is 0 Å². The Balaban J connectivity index is 1.55. The summed E-state index contributed by atoms with van der Waals surface area (Å²) in [5.41, 5.74) is 1.20. The van der Waals surface area contributed by atoms with Crippen LogP contribution in [0.1, 0.15) is 24.2 Å². The number of aromatic nitrogens is 2. The molecule has 2 heterocycles. The Kier molecular flexibility index (Phi) is 5.48. The molecule has 0 bridgehead atoms. The molecule has 1 atom stereocenters. The highest BCUT2D eigenvalue weighted by Crippen LogP contribution is 2.15. The van der Waals surface area contributed by atoms with Gasteiger partial charge < -0.3 is 19.9 Å². The number of aliphatic hydroxyl groups excluding tert-OH is 1. The van der Waals surface area contributed by atoms with Crippen LogP contribution in [-0.2, 0) is 13.1 Å². The maximum absolute atomic E-state index is 12.3. The van der Waals surface area contributed by atoms with Gasteiger partial charge in [0.2, 0.25) is 0 Å². The summed E-state index contributed by atoms with van der Waals surface area (Å²) < 4.78 is 2.04. The molecule has 128 valence electrons. The van der Waals surface area contributed by atoms with E-state index in [1.165, 1.54) is 5.56 Å². The number of nitrogens with one attached hydrogen (secondary N) is 1. The minimum absolute atomic E-state index is 0.0811. The van der Waals surface area contributed by atoms with E-state index in [4.69, 9.17) is 0 Å². The zero-order valence-electron chi connectivity index (χ0n) is 13.8. The molecule has 3 rings (SSSR count). The second kappa shape index (κ2) is 7.97. The zero-order chi connectivity index (χ0) is 16.8. The summed E-state index contributed by atoms with van der Waals surface area (Å²) in [5, 5.41) is 12.2. The average Bonchev–Trinajstić information content (AvgIpc) is 3.07. The van der Waals surface area contributed by atoms with Crippen LogP contribution in [0.2, 0.25) is 0 Å². The topological polar surface area (TPSA) is 70.4 Å². The summed E-state index contributed by atoms with van der Waals surface area (Å²) in [6.45, 7) is 2.66. The lowest BCUT2D eigenvalue weighted by atomic mass is 9.99. The summed E-state index contributed by atoms with van der Waals surface area (Å²) in [6, 6.07) is 10.1. The molecule has 0 saturated carbocycles. The number of hydrogen-bond donors (Lipinski definition) is 2. The molecule has 1 aliphatic heterocycles. The number of rotatable bonds is 5. The number of urea groups is 1. The van der Waals surface area contributed by atoms with Gasteiger partial charge in [0.15, 0.2) is 0 Å². The normalized spacial score (nSPS) is 17.7. The van der Waals surface area contributed by atoms with Crippen LogP contribution < -0.4 is 5.32 Å². The third kappa shape index (κ3) is 4.14. The van der Waals surface area contributed by atoms with E-state index in [0.717, 1.165) is 31.8 Å². The Bertz CT molecular complexity index is 656. The highest BCUT2D eigenvalue weighted by Gasteiger charge is 2.23.